The highest BCUT2D eigenvalue weighted by Gasteiger charge is 2.57. The first-order valence-electron chi connectivity index (χ1n) is 23.0. The van der Waals surface area contributed by atoms with E-state index in [2.05, 4.69) is 216 Å². The van der Waals surface area contributed by atoms with Crippen LogP contribution in [0.15, 0.2) is 152 Å². The minimum atomic E-state index is -0.489. The number of aromatic nitrogens is 1. The smallest absolute Gasteiger partial charge is 0.333 e. The molecule has 2 nitrogen and oxygen atoms in total. The zero-order valence-electron chi connectivity index (χ0n) is 37.4. The molecule has 8 aromatic carbocycles. The van der Waals surface area contributed by atoms with Crippen molar-refractivity contribution >= 4 is 51.0 Å². The van der Waals surface area contributed by atoms with Crippen LogP contribution in [0.25, 0.3) is 60.9 Å². The summed E-state index contributed by atoms with van der Waals surface area (Å²) in [5, 5.41) is 2.70. The van der Waals surface area contributed by atoms with Gasteiger partial charge in [-0.25, -0.2) is 0 Å². The van der Waals surface area contributed by atoms with E-state index in [-0.39, 0.29) is 23.1 Å². The summed E-state index contributed by atoms with van der Waals surface area (Å²) in [7, 11) is 0. The summed E-state index contributed by atoms with van der Waals surface area (Å²) in [4.78, 5) is 2.81. The summed E-state index contributed by atoms with van der Waals surface area (Å²) in [6.45, 7) is 19.0. The Hall–Kier alpha value is -6.58. The van der Waals surface area contributed by atoms with E-state index in [1.807, 2.05) is 0 Å². The lowest BCUT2D eigenvalue weighted by atomic mass is 9.42. The number of anilines is 2. The molecule has 1 aromatic heterocycles. The van der Waals surface area contributed by atoms with Crippen LogP contribution in [0.4, 0.5) is 11.4 Å². The van der Waals surface area contributed by atoms with Crippen LogP contribution in [0.3, 0.4) is 0 Å². The lowest BCUT2D eigenvalue weighted by Crippen LogP contribution is -2.62. The topological polar surface area (TPSA) is 8.17 Å². The van der Waals surface area contributed by atoms with Crippen molar-refractivity contribution in [3.63, 3.8) is 0 Å². The molecule has 0 saturated carbocycles. The molecule has 0 amide bonds. The summed E-state index contributed by atoms with van der Waals surface area (Å²) in [6, 6.07) is 59.6. The van der Waals surface area contributed by atoms with E-state index in [4.69, 9.17) is 0 Å². The molecule has 0 fully saturated rings. The van der Waals surface area contributed by atoms with Crippen molar-refractivity contribution in [3.8, 4) is 39.1 Å². The number of hydrogen-bond acceptors (Lipinski definition) is 1. The summed E-state index contributed by atoms with van der Waals surface area (Å²) >= 11 is 0. The second kappa shape index (κ2) is 11.3. The molecule has 1 spiro atoms. The first-order valence-corrected chi connectivity index (χ1v) is 23.0. The average Bonchev–Trinajstić information content (AvgIpc) is 3.85. The quantitative estimate of drug-likeness (QED) is 0.139. The molecule has 63 heavy (non-hydrogen) atoms. The molecule has 0 atom stereocenters. The van der Waals surface area contributed by atoms with Crippen LogP contribution in [0.5, 0.6) is 0 Å². The standard InChI is InChI=1S/C60H49BN2/c1-57(2,3)34-28-29-49-40(30-34)41-31-35(58(4,5)6)32-48-56(41)62(49)51-33-47-52(38-20-11-12-22-42(38)59(47,7)8)53-39-21-17-26-46-55(39)63(61(48)54(51)53)50-27-16-15-25-45(50)60(46)43-23-13-9-18-36(43)37-19-10-14-24-44(37)60/h9-33H,1-8H3. The monoisotopic (exact) mass is 808 g/mol. The van der Waals surface area contributed by atoms with Gasteiger partial charge in [-0.1, -0.05) is 177 Å². The van der Waals surface area contributed by atoms with E-state index in [9.17, 15) is 0 Å². The Bertz CT molecular complexity index is 3540. The number of nitrogens with zero attached hydrogens (tertiary/aromatic N) is 2. The van der Waals surface area contributed by atoms with Gasteiger partial charge >= 0.3 is 6.85 Å². The van der Waals surface area contributed by atoms with Crippen molar-refractivity contribution in [2.45, 2.75) is 77.0 Å². The number of benzene rings is 8. The molecule has 3 aliphatic heterocycles. The van der Waals surface area contributed by atoms with E-state index in [0.29, 0.717) is 0 Å². The third kappa shape index (κ3) is 4.10. The Morgan fingerprint density at radius 1 is 0.460 bits per heavy atom. The molecule has 0 N–H and O–H groups in total. The van der Waals surface area contributed by atoms with Crippen LogP contribution < -0.4 is 15.7 Å². The van der Waals surface area contributed by atoms with Crippen LogP contribution >= 0.6 is 0 Å². The van der Waals surface area contributed by atoms with Crippen molar-refractivity contribution < 1.29 is 0 Å². The van der Waals surface area contributed by atoms with Gasteiger partial charge in [0, 0.05) is 38.8 Å². The molecule has 0 radical (unpaired) electrons. The van der Waals surface area contributed by atoms with Gasteiger partial charge in [0.05, 0.1) is 16.4 Å². The number of hydrogen-bond donors (Lipinski definition) is 0. The van der Waals surface area contributed by atoms with Crippen LogP contribution in [0.2, 0.25) is 0 Å². The number of para-hydroxylation sites is 2. The van der Waals surface area contributed by atoms with Gasteiger partial charge in [-0.2, -0.15) is 0 Å². The van der Waals surface area contributed by atoms with Gasteiger partial charge in [0.1, 0.15) is 0 Å². The molecule has 0 saturated heterocycles. The van der Waals surface area contributed by atoms with E-state index in [0.717, 1.165) is 0 Å². The largest absolute Gasteiger partial charge is 0.376 e. The highest BCUT2D eigenvalue weighted by atomic mass is 15.1. The molecule has 5 aliphatic rings. The van der Waals surface area contributed by atoms with Crippen molar-refractivity contribution in [2.24, 2.45) is 0 Å². The fraction of sp³-hybridized carbons (Fsp3) is 0.200. The maximum Gasteiger partial charge on any atom is 0.333 e. The molecule has 302 valence electrons. The van der Waals surface area contributed by atoms with Crippen LogP contribution in [-0.4, -0.2) is 11.4 Å². The van der Waals surface area contributed by atoms with Gasteiger partial charge in [0.15, 0.2) is 0 Å². The summed E-state index contributed by atoms with van der Waals surface area (Å²) in [6.07, 6.45) is 0. The van der Waals surface area contributed by atoms with Crippen LogP contribution in [0.1, 0.15) is 99.9 Å². The third-order valence-electron chi connectivity index (χ3n) is 16.0. The molecule has 0 unspecified atom stereocenters. The highest BCUT2D eigenvalue weighted by Crippen LogP contribution is 2.66. The molecular formula is C60H49BN2. The number of fused-ring (bicyclic) bond motifs is 20. The first kappa shape index (κ1) is 36.0. The van der Waals surface area contributed by atoms with Crippen molar-refractivity contribution in [1.82, 2.24) is 4.57 Å². The van der Waals surface area contributed by atoms with E-state index in [1.165, 1.54) is 128 Å². The Morgan fingerprint density at radius 2 is 1.05 bits per heavy atom. The van der Waals surface area contributed by atoms with Crippen LogP contribution in [0, 0.1) is 0 Å². The molecule has 2 aliphatic carbocycles. The SMILES string of the molecule is CC(C)(C)c1ccc2c(c1)c1cc(C(C)(C)C)cc3c1n2-c1cc2c(c4c1B3N1c3ccccc3C3(c5ccccc5-c5ccccc53)c3cccc-4c31)-c1ccccc1C2(C)C. The van der Waals surface area contributed by atoms with E-state index in [1.54, 1.807) is 0 Å². The normalized spacial score (nSPS) is 16.1. The van der Waals surface area contributed by atoms with Gasteiger partial charge in [0.2, 0.25) is 0 Å². The van der Waals surface area contributed by atoms with Gasteiger partial charge in [-0.3, -0.25) is 0 Å². The Balaban J connectivity index is 1.22. The van der Waals surface area contributed by atoms with Crippen molar-refractivity contribution in [3.05, 3.63) is 196 Å². The Morgan fingerprint density at radius 3 is 1.75 bits per heavy atom. The van der Waals surface area contributed by atoms with Gasteiger partial charge < -0.3 is 9.38 Å². The predicted molar refractivity (Wildman–Crippen MR) is 266 cm³/mol. The lowest BCUT2D eigenvalue weighted by Gasteiger charge is -2.51. The Labute approximate surface area is 371 Å². The van der Waals surface area contributed by atoms with Crippen molar-refractivity contribution in [2.75, 3.05) is 4.81 Å². The maximum absolute atomic E-state index is 2.81. The second-order valence-corrected chi connectivity index (χ2v) is 21.6. The Kier molecular flexibility index (Phi) is 6.46. The molecular weight excluding hydrogens is 759 g/mol. The minimum absolute atomic E-state index is 0.0173. The highest BCUT2D eigenvalue weighted by molar-refractivity contribution is 6.94. The fourth-order valence-electron chi connectivity index (χ4n) is 13.2. The first-order chi connectivity index (χ1) is 30.3. The van der Waals surface area contributed by atoms with Gasteiger partial charge in [0.25, 0.3) is 0 Å². The predicted octanol–water partition coefficient (Wildman–Crippen LogP) is 13.6. The zero-order valence-corrected chi connectivity index (χ0v) is 37.4. The fourth-order valence-corrected chi connectivity index (χ4v) is 13.2. The molecule has 9 aromatic rings. The minimum Gasteiger partial charge on any atom is -0.376 e. The molecule has 0 bridgehead atoms. The maximum atomic E-state index is 2.81. The summed E-state index contributed by atoms with van der Waals surface area (Å²) < 4.78 is 2.68. The average molecular weight is 809 g/mol. The molecule has 14 rings (SSSR count). The zero-order chi connectivity index (χ0) is 42.7. The molecule has 3 heteroatoms. The van der Waals surface area contributed by atoms with Gasteiger partial charge in [-0.15, -0.1) is 0 Å². The summed E-state index contributed by atoms with van der Waals surface area (Å²) in [5.74, 6) is 0. The second-order valence-electron chi connectivity index (χ2n) is 21.6. The van der Waals surface area contributed by atoms with Crippen molar-refractivity contribution in [1.29, 1.82) is 0 Å². The van der Waals surface area contributed by atoms with E-state index < -0.39 is 5.41 Å². The van der Waals surface area contributed by atoms with Crippen LogP contribution in [-0.2, 0) is 21.7 Å². The lowest BCUT2D eigenvalue weighted by molar-refractivity contribution is 0.590. The number of rotatable bonds is 0. The molecule has 4 heterocycles. The van der Waals surface area contributed by atoms with Gasteiger partial charge in [-0.05, 0) is 124 Å². The summed E-state index contributed by atoms with van der Waals surface area (Å²) in [5.41, 5.74) is 27.9. The third-order valence-corrected chi connectivity index (χ3v) is 16.0. The van der Waals surface area contributed by atoms with E-state index >= 15 is 0 Å².